The van der Waals surface area contributed by atoms with Crippen LogP contribution in [0.1, 0.15) is 5.01 Å². The van der Waals surface area contributed by atoms with Crippen LogP contribution in [-0.2, 0) is 6.61 Å². The molecule has 0 amide bonds. The highest BCUT2D eigenvalue weighted by molar-refractivity contribution is 7.15. The van der Waals surface area contributed by atoms with E-state index in [4.69, 9.17) is 39.5 Å². The lowest BCUT2D eigenvalue weighted by atomic mass is 10.3. The second kappa shape index (κ2) is 5.19. The summed E-state index contributed by atoms with van der Waals surface area (Å²) in [6, 6.07) is 5.02. The molecule has 0 aliphatic rings. The van der Waals surface area contributed by atoms with Gasteiger partial charge in [-0.2, -0.15) is 0 Å². The molecule has 0 aliphatic heterocycles. The number of halogens is 3. The molecule has 0 fully saturated rings. The Morgan fingerprint density at radius 3 is 2.62 bits per heavy atom. The van der Waals surface area contributed by atoms with E-state index in [-0.39, 0.29) is 6.61 Å². The molecule has 0 spiro atoms. The fourth-order valence-electron chi connectivity index (χ4n) is 1.02. The fourth-order valence-corrected chi connectivity index (χ4v) is 2.27. The first kappa shape index (κ1) is 11.9. The average molecular weight is 296 g/mol. The van der Waals surface area contributed by atoms with Crippen LogP contribution in [-0.4, -0.2) is 10.2 Å². The lowest BCUT2D eigenvalue weighted by molar-refractivity contribution is 0.305. The molecule has 0 radical (unpaired) electrons. The van der Waals surface area contributed by atoms with Gasteiger partial charge in [0, 0.05) is 5.02 Å². The van der Waals surface area contributed by atoms with Crippen molar-refractivity contribution in [2.75, 3.05) is 0 Å². The largest absolute Gasteiger partial charge is 0.485 e. The molecule has 0 saturated carbocycles. The number of hydrogen-bond acceptors (Lipinski definition) is 4. The molecule has 0 bridgehead atoms. The summed E-state index contributed by atoms with van der Waals surface area (Å²) in [6.07, 6.45) is 0. The molecule has 1 aromatic heterocycles. The van der Waals surface area contributed by atoms with E-state index in [2.05, 4.69) is 10.2 Å². The van der Waals surface area contributed by atoms with Gasteiger partial charge in [-0.25, -0.2) is 0 Å². The Kier molecular flexibility index (Phi) is 3.86. The number of benzene rings is 1. The highest BCUT2D eigenvalue weighted by Gasteiger charge is 2.05. The van der Waals surface area contributed by atoms with Crippen molar-refractivity contribution in [3.63, 3.8) is 0 Å². The lowest BCUT2D eigenvalue weighted by Gasteiger charge is -2.05. The average Bonchev–Trinajstić information content (AvgIpc) is 2.63. The van der Waals surface area contributed by atoms with Crippen LogP contribution in [0, 0.1) is 0 Å². The van der Waals surface area contributed by atoms with Gasteiger partial charge in [-0.3, -0.25) is 0 Å². The van der Waals surface area contributed by atoms with Crippen LogP contribution in [0.25, 0.3) is 0 Å². The minimum Gasteiger partial charge on any atom is -0.485 e. The molecular formula is C9H5Cl3N2OS. The van der Waals surface area contributed by atoms with E-state index in [0.717, 1.165) is 0 Å². The molecule has 2 rings (SSSR count). The number of hydrogen-bond donors (Lipinski definition) is 0. The maximum absolute atomic E-state index is 5.93. The molecule has 2 aromatic rings. The Labute approximate surface area is 111 Å². The Morgan fingerprint density at radius 1 is 1.19 bits per heavy atom. The molecule has 1 aromatic carbocycles. The summed E-state index contributed by atoms with van der Waals surface area (Å²) in [4.78, 5) is 0. The van der Waals surface area contributed by atoms with Gasteiger partial charge in [0.05, 0.1) is 5.02 Å². The van der Waals surface area contributed by atoms with Gasteiger partial charge >= 0.3 is 0 Å². The summed E-state index contributed by atoms with van der Waals surface area (Å²) < 4.78 is 5.84. The molecule has 0 unspecified atom stereocenters. The summed E-state index contributed by atoms with van der Waals surface area (Å²) >= 11 is 18.6. The van der Waals surface area contributed by atoms with Crippen molar-refractivity contribution in [1.82, 2.24) is 10.2 Å². The Balaban J connectivity index is 2.04. The van der Waals surface area contributed by atoms with Gasteiger partial charge in [-0.05, 0) is 29.8 Å². The second-order valence-electron chi connectivity index (χ2n) is 2.81. The highest BCUT2D eigenvalue weighted by atomic mass is 35.5. The van der Waals surface area contributed by atoms with Crippen molar-refractivity contribution in [1.29, 1.82) is 0 Å². The van der Waals surface area contributed by atoms with Gasteiger partial charge in [-0.15, -0.1) is 10.2 Å². The van der Waals surface area contributed by atoms with E-state index < -0.39 is 0 Å². The minimum atomic E-state index is 0.283. The Morgan fingerprint density at radius 2 is 2.00 bits per heavy atom. The molecule has 0 N–H and O–H groups in total. The van der Waals surface area contributed by atoms with Crippen LogP contribution in [0.4, 0.5) is 0 Å². The van der Waals surface area contributed by atoms with Crippen LogP contribution in [0.15, 0.2) is 18.2 Å². The van der Waals surface area contributed by atoms with Crippen LogP contribution in [0.5, 0.6) is 5.75 Å². The third kappa shape index (κ3) is 2.98. The zero-order valence-corrected chi connectivity index (χ0v) is 10.9. The van der Waals surface area contributed by atoms with E-state index in [1.807, 2.05) is 0 Å². The minimum absolute atomic E-state index is 0.283. The third-order valence-corrected chi connectivity index (χ3v) is 3.21. The number of nitrogens with zero attached hydrogens (tertiary/aromatic N) is 2. The quantitative estimate of drug-likeness (QED) is 0.856. The van der Waals surface area contributed by atoms with Crippen molar-refractivity contribution >= 4 is 46.1 Å². The van der Waals surface area contributed by atoms with E-state index in [1.165, 1.54) is 11.3 Å². The SMILES string of the molecule is Clc1ccc(OCc2nnc(Cl)s2)c(Cl)c1. The summed E-state index contributed by atoms with van der Waals surface area (Å²) in [6.45, 7) is 0.283. The van der Waals surface area contributed by atoms with Crippen molar-refractivity contribution < 1.29 is 4.74 Å². The molecule has 84 valence electrons. The molecule has 7 heteroatoms. The van der Waals surface area contributed by atoms with Crippen molar-refractivity contribution in [3.05, 3.63) is 37.7 Å². The first-order valence-electron chi connectivity index (χ1n) is 4.21. The van der Waals surface area contributed by atoms with Crippen molar-refractivity contribution in [2.24, 2.45) is 0 Å². The van der Waals surface area contributed by atoms with E-state index in [0.29, 0.717) is 25.3 Å². The molecule has 3 nitrogen and oxygen atoms in total. The monoisotopic (exact) mass is 294 g/mol. The van der Waals surface area contributed by atoms with Gasteiger partial charge < -0.3 is 4.74 Å². The van der Waals surface area contributed by atoms with Gasteiger partial charge in [0.2, 0.25) is 4.47 Å². The zero-order valence-electron chi connectivity index (χ0n) is 7.78. The summed E-state index contributed by atoms with van der Waals surface area (Å²) in [5, 5.41) is 9.20. The number of rotatable bonds is 3. The van der Waals surface area contributed by atoms with E-state index in [9.17, 15) is 0 Å². The van der Waals surface area contributed by atoms with Crippen LogP contribution in [0.3, 0.4) is 0 Å². The first-order chi connectivity index (χ1) is 7.65. The lowest BCUT2D eigenvalue weighted by Crippen LogP contribution is -1.95. The topological polar surface area (TPSA) is 35.0 Å². The molecule has 0 aliphatic carbocycles. The van der Waals surface area contributed by atoms with Crippen molar-refractivity contribution in [2.45, 2.75) is 6.61 Å². The normalized spacial score (nSPS) is 10.4. The number of ether oxygens (including phenoxy) is 1. The molecule has 0 atom stereocenters. The number of aromatic nitrogens is 2. The Hall–Kier alpha value is -0.550. The predicted octanol–water partition coefficient (Wildman–Crippen LogP) is 4.08. The Bertz CT molecular complexity index is 503. The molecule has 1 heterocycles. The maximum atomic E-state index is 5.93. The zero-order chi connectivity index (χ0) is 11.5. The summed E-state index contributed by atoms with van der Waals surface area (Å²) in [7, 11) is 0. The summed E-state index contributed by atoms with van der Waals surface area (Å²) in [5.41, 5.74) is 0. The van der Waals surface area contributed by atoms with Gasteiger partial charge in [-0.1, -0.05) is 34.5 Å². The second-order valence-corrected chi connectivity index (χ2v) is 5.30. The third-order valence-electron chi connectivity index (χ3n) is 1.69. The molecule has 0 saturated heterocycles. The maximum Gasteiger partial charge on any atom is 0.207 e. The first-order valence-corrected chi connectivity index (χ1v) is 6.16. The van der Waals surface area contributed by atoms with Crippen molar-refractivity contribution in [3.8, 4) is 5.75 Å². The highest BCUT2D eigenvalue weighted by Crippen LogP contribution is 2.28. The van der Waals surface area contributed by atoms with Crippen LogP contribution < -0.4 is 4.74 Å². The van der Waals surface area contributed by atoms with Crippen LogP contribution in [0.2, 0.25) is 14.5 Å². The smallest absolute Gasteiger partial charge is 0.207 e. The van der Waals surface area contributed by atoms with Gasteiger partial charge in [0.1, 0.15) is 12.4 Å². The van der Waals surface area contributed by atoms with Gasteiger partial charge in [0.25, 0.3) is 0 Å². The fraction of sp³-hybridized carbons (Fsp3) is 0.111. The standard InChI is InChI=1S/C9H5Cl3N2OS/c10-5-1-2-7(6(11)3-5)15-4-8-13-14-9(12)16-8/h1-3H,4H2. The predicted molar refractivity (Wildman–Crippen MR) is 65.7 cm³/mol. The summed E-state index contributed by atoms with van der Waals surface area (Å²) in [5.74, 6) is 0.553. The van der Waals surface area contributed by atoms with E-state index >= 15 is 0 Å². The molecular weight excluding hydrogens is 291 g/mol. The molecule has 16 heavy (non-hydrogen) atoms. The van der Waals surface area contributed by atoms with Crippen LogP contribution >= 0.6 is 46.1 Å². The van der Waals surface area contributed by atoms with E-state index in [1.54, 1.807) is 18.2 Å². The van der Waals surface area contributed by atoms with Gasteiger partial charge in [0.15, 0.2) is 5.01 Å².